The summed E-state index contributed by atoms with van der Waals surface area (Å²) in [6.07, 6.45) is 3.18. The molecule has 1 unspecified atom stereocenters. The third kappa shape index (κ3) is 5.75. The van der Waals surface area contributed by atoms with Gasteiger partial charge in [0.05, 0.1) is 12.5 Å². The lowest BCUT2D eigenvalue weighted by atomic mass is 10.0. The highest BCUT2D eigenvalue weighted by molar-refractivity contribution is 5.74. The first-order chi connectivity index (χ1) is 6.61. The highest BCUT2D eigenvalue weighted by Gasteiger charge is 2.16. The summed E-state index contributed by atoms with van der Waals surface area (Å²) in [5.41, 5.74) is 1.10. The number of esters is 1. The van der Waals surface area contributed by atoms with Crippen molar-refractivity contribution in [3.8, 4) is 0 Å². The van der Waals surface area contributed by atoms with Gasteiger partial charge < -0.3 is 9.84 Å². The number of hydrogen-bond donors (Lipinski definition) is 1. The van der Waals surface area contributed by atoms with Crippen molar-refractivity contribution in [1.29, 1.82) is 0 Å². The normalized spacial score (nSPS) is 12.0. The molecule has 0 aromatic heterocycles. The van der Waals surface area contributed by atoms with Gasteiger partial charge in [-0.25, -0.2) is 0 Å². The topological polar surface area (TPSA) is 46.5 Å². The number of ether oxygens (including phenoxy) is 1. The van der Waals surface area contributed by atoms with Gasteiger partial charge in [-0.15, -0.1) is 0 Å². The van der Waals surface area contributed by atoms with E-state index in [1.165, 1.54) is 0 Å². The van der Waals surface area contributed by atoms with Gasteiger partial charge in [0, 0.05) is 6.61 Å². The number of aliphatic hydroxyl groups excluding tert-OH is 1. The zero-order valence-corrected chi connectivity index (χ0v) is 9.25. The molecule has 0 radical (unpaired) electrons. The molecule has 0 spiro atoms. The average Bonchev–Trinajstić information content (AvgIpc) is 2.12. The second-order valence-electron chi connectivity index (χ2n) is 3.47. The standard InChI is InChI=1S/C11H20O3/c1-4-14-11(13)10(6-5-7-12)8-9(2)3/h8,10,12H,4-7H2,1-3H3. The molecule has 0 aromatic carbocycles. The molecule has 0 aromatic rings. The van der Waals surface area contributed by atoms with Gasteiger partial charge in [-0.3, -0.25) is 4.79 Å². The zero-order valence-electron chi connectivity index (χ0n) is 9.25. The first-order valence-electron chi connectivity index (χ1n) is 5.04. The molecule has 0 saturated heterocycles. The van der Waals surface area contributed by atoms with Crippen LogP contribution in [-0.4, -0.2) is 24.3 Å². The highest BCUT2D eigenvalue weighted by atomic mass is 16.5. The number of aliphatic hydroxyl groups is 1. The Morgan fingerprint density at radius 2 is 2.14 bits per heavy atom. The zero-order chi connectivity index (χ0) is 11.0. The van der Waals surface area contributed by atoms with Crippen LogP contribution in [0.1, 0.15) is 33.6 Å². The lowest BCUT2D eigenvalue weighted by Crippen LogP contribution is -2.16. The smallest absolute Gasteiger partial charge is 0.312 e. The maximum Gasteiger partial charge on any atom is 0.312 e. The molecule has 0 aliphatic carbocycles. The Hall–Kier alpha value is -0.830. The fourth-order valence-corrected chi connectivity index (χ4v) is 1.23. The Kier molecular flexibility index (Phi) is 7.11. The molecule has 0 rings (SSSR count). The van der Waals surface area contributed by atoms with Crippen LogP contribution in [0.15, 0.2) is 11.6 Å². The first kappa shape index (κ1) is 13.2. The molecule has 14 heavy (non-hydrogen) atoms. The summed E-state index contributed by atoms with van der Waals surface area (Å²) < 4.78 is 4.94. The van der Waals surface area contributed by atoms with Gasteiger partial charge in [0.25, 0.3) is 0 Å². The van der Waals surface area contributed by atoms with E-state index in [0.29, 0.717) is 19.4 Å². The fraction of sp³-hybridized carbons (Fsp3) is 0.727. The summed E-state index contributed by atoms with van der Waals surface area (Å²) in [6.45, 7) is 6.22. The van der Waals surface area contributed by atoms with E-state index in [2.05, 4.69) is 0 Å². The Morgan fingerprint density at radius 1 is 1.50 bits per heavy atom. The van der Waals surface area contributed by atoms with E-state index in [1.54, 1.807) is 6.92 Å². The van der Waals surface area contributed by atoms with E-state index in [1.807, 2.05) is 19.9 Å². The number of rotatable bonds is 6. The minimum Gasteiger partial charge on any atom is -0.466 e. The van der Waals surface area contributed by atoms with Gasteiger partial charge in [-0.2, -0.15) is 0 Å². The van der Waals surface area contributed by atoms with E-state index < -0.39 is 0 Å². The molecular weight excluding hydrogens is 180 g/mol. The molecule has 0 aliphatic heterocycles. The van der Waals surface area contributed by atoms with Gasteiger partial charge in [-0.1, -0.05) is 11.6 Å². The Morgan fingerprint density at radius 3 is 2.57 bits per heavy atom. The quantitative estimate of drug-likeness (QED) is 0.526. The van der Waals surface area contributed by atoms with E-state index in [4.69, 9.17) is 9.84 Å². The van der Waals surface area contributed by atoms with Crippen LogP contribution in [0.3, 0.4) is 0 Å². The van der Waals surface area contributed by atoms with Crippen LogP contribution in [0.25, 0.3) is 0 Å². The van der Waals surface area contributed by atoms with Gasteiger partial charge in [0.15, 0.2) is 0 Å². The van der Waals surface area contributed by atoms with Crippen LogP contribution in [0.2, 0.25) is 0 Å². The lowest BCUT2D eigenvalue weighted by Gasteiger charge is -2.11. The molecule has 0 amide bonds. The second-order valence-corrected chi connectivity index (χ2v) is 3.47. The average molecular weight is 200 g/mol. The lowest BCUT2D eigenvalue weighted by molar-refractivity contribution is -0.146. The Labute approximate surface area is 85.8 Å². The molecule has 1 N–H and O–H groups in total. The van der Waals surface area contributed by atoms with Crippen molar-refractivity contribution in [2.24, 2.45) is 5.92 Å². The van der Waals surface area contributed by atoms with Crippen molar-refractivity contribution in [2.75, 3.05) is 13.2 Å². The molecule has 3 nitrogen and oxygen atoms in total. The molecular formula is C11H20O3. The highest BCUT2D eigenvalue weighted by Crippen LogP contribution is 2.12. The van der Waals surface area contributed by atoms with E-state index in [-0.39, 0.29) is 18.5 Å². The number of carbonyl (C=O) groups excluding carboxylic acids is 1. The van der Waals surface area contributed by atoms with Crippen molar-refractivity contribution in [3.63, 3.8) is 0 Å². The Balaban J connectivity index is 4.23. The largest absolute Gasteiger partial charge is 0.466 e. The van der Waals surface area contributed by atoms with Crippen LogP contribution >= 0.6 is 0 Å². The summed E-state index contributed by atoms with van der Waals surface area (Å²) >= 11 is 0. The summed E-state index contributed by atoms with van der Waals surface area (Å²) in [6, 6.07) is 0. The summed E-state index contributed by atoms with van der Waals surface area (Å²) in [4.78, 5) is 11.4. The molecule has 0 fully saturated rings. The van der Waals surface area contributed by atoms with E-state index in [9.17, 15) is 4.79 Å². The number of allylic oxidation sites excluding steroid dienone is 1. The predicted molar refractivity (Wildman–Crippen MR) is 55.9 cm³/mol. The van der Waals surface area contributed by atoms with Crippen molar-refractivity contribution >= 4 is 5.97 Å². The third-order valence-electron chi connectivity index (χ3n) is 1.80. The summed E-state index contributed by atoms with van der Waals surface area (Å²) in [5.74, 6) is -0.394. The molecule has 0 heterocycles. The maximum atomic E-state index is 11.4. The molecule has 3 heteroatoms. The molecule has 0 bridgehead atoms. The van der Waals surface area contributed by atoms with Gasteiger partial charge >= 0.3 is 5.97 Å². The Bertz CT molecular complexity index is 193. The second kappa shape index (κ2) is 7.56. The minimum atomic E-state index is -0.202. The maximum absolute atomic E-state index is 11.4. The predicted octanol–water partition coefficient (Wildman–Crippen LogP) is 1.90. The van der Waals surface area contributed by atoms with Gasteiger partial charge in [0.2, 0.25) is 0 Å². The minimum absolute atomic E-state index is 0.118. The van der Waals surface area contributed by atoms with Gasteiger partial charge in [0.1, 0.15) is 0 Å². The van der Waals surface area contributed by atoms with Gasteiger partial charge in [-0.05, 0) is 33.6 Å². The van der Waals surface area contributed by atoms with E-state index >= 15 is 0 Å². The van der Waals surface area contributed by atoms with Crippen LogP contribution in [0, 0.1) is 5.92 Å². The molecule has 0 saturated carbocycles. The first-order valence-corrected chi connectivity index (χ1v) is 5.04. The van der Waals surface area contributed by atoms with Crippen molar-refractivity contribution < 1.29 is 14.6 Å². The molecule has 82 valence electrons. The van der Waals surface area contributed by atoms with Crippen LogP contribution < -0.4 is 0 Å². The summed E-state index contributed by atoms with van der Waals surface area (Å²) in [7, 11) is 0. The monoisotopic (exact) mass is 200 g/mol. The van der Waals surface area contributed by atoms with E-state index in [0.717, 1.165) is 5.57 Å². The van der Waals surface area contributed by atoms with Crippen LogP contribution in [0.4, 0.5) is 0 Å². The fourth-order valence-electron chi connectivity index (χ4n) is 1.23. The molecule has 1 atom stereocenters. The van der Waals surface area contributed by atoms with Crippen molar-refractivity contribution in [3.05, 3.63) is 11.6 Å². The summed E-state index contributed by atoms with van der Waals surface area (Å²) in [5, 5.41) is 8.69. The number of carbonyl (C=O) groups is 1. The van der Waals surface area contributed by atoms with Crippen molar-refractivity contribution in [2.45, 2.75) is 33.6 Å². The van der Waals surface area contributed by atoms with Crippen molar-refractivity contribution in [1.82, 2.24) is 0 Å². The van der Waals surface area contributed by atoms with Crippen LogP contribution in [-0.2, 0) is 9.53 Å². The third-order valence-corrected chi connectivity index (χ3v) is 1.80. The van der Waals surface area contributed by atoms with Crippen LogP contribution in [0.5, 0.6) is 0 Å². The SMILES string of the molecule is CCOC(=O)C(C=C(C)C)CCCO. The molecule has 0 aliphatic rings. The number of hydrogen-bond acceptors (Lipinski definition) is 3.